The van der Waals surface area contributed by atoms with Gasteiger partial charge in [-0.1, -0.05) is 69.3 Å². The zero-order valence-electron chi connectivity index (χ0n) is 21.8. The molecule has 1 aliphatic rings. The molecule has 1 fully saturated rings. The molecule has 1 unspecified atom stereocenters. The van der Waals surface area contributed by atoms with Crippen molar-refractivity contribution in [3.63, 3.8) is 0 Å². The lowest BCUT2D eigenvalue weighted by atomic mass is 9.92. The average Bonchev–Trinajstić information content (AvgIpc) is 3.41. The van der Waals surface area contributed by atoms with Gasteiger partial charge in [0.15, 0.2) is 0 Å². The topological polar surface area (TPSA) is 108 Å². The molecule has 9 heteroatoms. The molecule has 1 aliphatic heterocycles. The normalized spacial score (nSPS) is 15.6. The molecular formula is C29H30N6O3. The molecule has 1 saturated heterocycles. The first kappa shape index (κ1) is 25.0. The number of fused-ring (bicyclic) bond motifs is 1. The van der Waals surface area contributed by atoms with Crippen LogP contribution in [0.4, 0.5) is 16.3 Å². The Hall–Kier alpha value is -4.66. The van der Waals surface area contributed by atoms with Gasteiger partial charge < -0.3 is 5.32 Å². The Morgan fingerprint density at radius 2 is 1.71 bits per heavy atom. The first-order valence-corrected chi connectivity index (χ1v) is 12.4. The molecular weight excluding hydrogens is 480 g/mol. The molecule has 1 aromatic heterocycles. The van der Waals surface area contributed by atoms with Crippen molar-refractivity contribution in [2.75, 3.05) is 17.7 Å². The van der Waals surface area contributed by atoms with E-state index in [4.69, 9.17) is 5.10 Å². The maximum Gasteiger partial charge on any atom is 0.324 e. The number of urea groups is 1. The van der Waals surface area contributed by atoms with E-state index in [1.54, 1.807) is 4.68 Å². The third-order valence-corrected chi connectivity index (χ3v) is 6.58. The Balaban J connectivity index is 1.43. The van der Waals surface area contributed by atoms with E-state index in [2.05, 4.69) is 36.8 Å². The molecule has 0 radical (unpaired) electrons. The van der Waals surface area contributed by atoms with Gasteiger partial charge in [-0.05, 0) is 35.6 Å². The van der Waals surface area contributed by atoms with Crippen molar-refractivity contribution in [2.45, 2.75) is 32.6 Å². The van der Waals surface area contributed by atoms with E-state index in [0.717, 1.165) is 22.0 Å². The van der Waals surface area contributed by atoms with Crippen LogP contribution in [-0.4, -0.2) is 39.7 Å². The molecule has 194 valence electrons. The Morgan fingerprint density at radius 1 is 0.974 bits per heavy atom. The molecule has 3 aromatic carbocycles. The van der Waals surface area contributed by atoms with Gasteiger partial charge in [0.25, 0.3) is 11.8 Å². The molecule has 4 aromatic rings. The summed E-state index contributed by atoms with van der Waals surface area (Å²) in [7, 11) is 1.54. The summed E-state index contributed by atoms with van der Waals surface area (Å²) in [5.74, 6) is -0.854. The number of carbonyl (C=O) groups is 3. The minimum absolute atomic E-state index is 0.260. The van der Waals surface area contributed by atoms with Gasteiger partial charge >= 0.3 is 6.03 Å². The number of hydrazine groups is 1. The number of nitrogens with zero attached hydrogens (tertiary/aromatic N) is 3. The maximum atomic E-state index is 13.1. The number of nitrogens with one attached hydrogen (secondary N) is 3. The average molecular weight is 511 g/mol. The predicted octanol–water partition coefficient (Wildman–Crippen LogP) is 4.63. The number of rotatable bonds is 5. The van der Waals surface area contributed by atoms with Gasteiger partial charge in [-0.2, -0.15) is 5.10 Å². The Kier molecular flexibility index (Phi) is 6.36. The van der Waals surface area contributed by atoms with Gasteiger partial charge in [0.05, 0.1) is 17.1 Å². The number of aromatic nitrogens is 2. The number of benzene rings is 3. The second-order valence-corrected chi connectivity index (χ2v) is 10.5. The third-order valence-electron chi connectivity index (χ3n) is 6.58. The summed E-state index contributed by atoms with van der Waals surface area (Å²) in [6, 6.07) is 22.6. The Morgan fingerprint density at radius 3 is 2.45 bits per heavy atom. The van der Waals surface area contributed by atoms with Crippen LogP contribution < -0.4 is 16.1 Å². The number of anilines is 2. The molecule has 0 spiro atoms. The minimum atomic E-state index is -0.776. The van der Waals surface area contributed by atoms with Crippen LogP contribution in [0.5, 0.6) is 0 Å². The molecule has 3 N–H and O–H groups in total. The van der Waals surface area contributed by atoms with Gasteiger partial charge in [-0.3, -0.25) is 25.3 Å². The highest BCUT2D eigenvalue weighted by Crippen LogP contribution is 2.28. The summed E-state index contributed by atoms with van der Waals surface area (Å²) in [5.41, 5.74) is 5.30. The summed E-state index contributed by atoms with van der Waals surface area (Å²) in [6.45, 7) is 6.16. The lowest BCUT2D eigenvalue weighted by Crippen LogP contribution is -2.31. The zero-order valence-corrected chi connectivity index (χ0v) is 21.8. The van der Waals surface area contributed by atoms with Crippen molar-refractivity contribution < 1.29 is 14.4 Å². The van der Waals surface area contributed by atoms with Crippen LogP contribution in [-0.2, 0) is 21.4 Å². The van der Waals surface area contributed by atoms with Gasteiger partial charge in [0.2, 0.25) is 0 Å². The van der Waals surface area contributed by atoms with Gasteiger partial charge in [-0.15, -0.1) is 0 Å². The molecule has 2 heterocycles. The number of hydrogen-bond donors (Lipinski definition) is 3. The van der Waals surface area contributed by atoms with E-state index in [1.807, 2.05) is 72.8 Å². The first-order valence-electron chi connectivity index (χ1n) is 12.4. The van der Waals surface area contributed by atoms with Crippen molar-refractivity contribution in [3.8, 4) is 5.69 Å². The third kappa shape index (κ3) is 4.95. The van der Waals surface area contributed by atoms with Crippen LogP contribution in [0.15, 0.2) is 72.8 Å². The zero-order chi connectivity index (χ0) is 27.0. The van der Waals surface area contributed by atoms with Crippen LogP contribution in [0.3, 0.4) is 0 Å². The highest BCUT2D eigenvalue weighted by atomic mass is 16.2. The van der Waals surface area contributed by atoms with Crippen molar-refractivity contribution in [3.05, 3.63) is 84.1 Å². The largest absolute Gasteiger partial charge is 0.324 e. The molecule has 0 aliphatic carbocycles. The van der Waals surface area contributed by atoms with Crippen molar-refractivity contribution in [1.29, 1.82) is 0 Å². The number of amides is 4. The quantitative estimate of drug-likeness (QED) is 0.340. The highest BCUT2D eigenvalue weighted by molar-refractivity contribution is 6.06. The lowest BCUT2D eigenvalue weighted by Gasteiger charge is -2.14. The molecule has 9 nitrogen and oxygen atoms in total. The standard InChI is InChI=1S/C29H30N6O3/c1-29(2,3)24-17-25(31-28(38)30-23-14-8-11-19-10-5-6-13-21(19)23)35(32-24)20-12-7-9-18(15-20)16-22-26(36)33-34(4)27(22)37/h5-15,17,22H,16H2,1-4H3,(H,33,36)(H2,30,31,38). The first-order chi connectivity index (χ1) is 18.1. The van der Waals surface area contributed by atoms with Crippen LogP contribution in [0.2, 0.25) is 0 Å². The van der Waals surface area contributed by atoms with E-state index in [0.29, 0.717) is 17.2 Å². The van der Waals surface area contributed by atoms with Crippen molar-refractivity contribution in [2.24, 2.45) is 5.92 Å². The molecule has 38 heavy (non-hydrogen) atoms. The fraction of sp³-hybridized carbons (Fsp3) is 0.241. The maximum absolute atomic E-state index is 13.1. The number of hydrogen-bond acceptors (Lipinski definition) is 4. The summed E-state index contributed by atoms with van der Waals surface area (Å²) in [4.78, 5) is 37.7. The molecule has 1 atom stereocenters. The highest BCUT2D eigenvalue weighted by Gasteiger charge is 2.37. The summed E-state index contributed by atoms with van der Waals surface area (Å²) in [5, 5.41) is 13.9. The second-order valence-electron chi connectivity index (χ2n) is 10.5. The van der Waals surface area contributed by atoms with E-state index in [9.17, 15) is 14.4 Å². The summed E-state index contributed by atoms with van der Waals surface area (Å²) in [6.07, 6.45) is 0.264. The molecule has 0 bridgehead atoms. The fourth-order valence-electron chi connectivity index (χ4n) is 4.51. The van der Waals surface area contributed by atoms with Crippen LogP contribution >= 0.6 is 0 Å². The van der Waals surface area contributed by atoms with E-state index < -0.39 is 11.9 Å². The summed E-state index contributed by atoms with van der Waals surface area (Å²) >= 11 is 0. The predicted molar refractivity (Wildman–Crippen MR) is 147 cm³/mol. The van der Waals surface area contributed by atoms with Gasteiger partial charge in [-0.25, -0.2) is 9.48 Å². The monoisotopic (exact) mass is 510 g/mol. The fourth-order valence-corrected chi connectivity index (χ4v) is 4.51. The second kappa shape index (κ2) is 9.66. The molecule has 4 amide bonds. The van der Waals surface area contributed by atoms with Crippen LogP contribution in [0.1, 0.15) is 32.0 Å². The number of carbonyl (C=O) groups excluding carboxylic acids is 3. The lowest BCUT2D eigenvalue weighted by molar-refractivity contribution is -0.131. The smallest absolute Gasteiger partial charge is 0.307 e. The van der Waals surface area contributed by atoms with Crippen LogP contribution in [0.25, 0.3) is 16.5 Å². The van der Waals surface area contributed by atoms with Crippen LogP contribution in [0, 0.1) is 5.92 Å². The van der Waals surface area contributed by atoms with E-state index >= 15 is 0 Å². The van der Waals surface area contributed by atoms with Gasteiger partial charge in [0.1, 0.15) is 11.7 Å². The Labute approximate surface area is 220 Å². The molecule has 0 saturated carbocycles. The van der Waals surface area contributed by atoms with Gasteiger partial charge in [0, 0.05) is 23.9 Å². The Bertz CT molecular complexity index is 1550. The molecule has 5 rings (SSSR count). The van der Waals surface area contributed by atoms with E-state index in [-0.39, 0.29) is 23.7 Å². The summed E-state index contributed by atoms with van der Waals surface area (Å²) < 4.78 is 1.68. The SMILES string of the molecule is CN1NC(=O)C(Cc2cccc(-n3nc(C(C)(C)C)cc3NC(=O)Nc3cccc4ccccc34)c2)C1=O. The van der Waals surface area contributed by atoms with Crippen molar-refractivity contribution in [1.82, 2.24) is 20.2 Å². The van der Waals surface area contributed by atoms with Crippen molar-refractivity contribution >= 4 is 40.1 Å². The van der Waals surface area contributed by atoms with E-state index in [1.165, 1.54) is 12.1 Å². The minimum Gasteiger partial charge on any atom is -0.307 e.